The van der Waals surface area contributed by atoms with Crippen LogP contribution in [-0.4, -0.2) is 36.1 Å². The van der Waals surface area contributed by atoms with Gasteiger partial charge in [-0.3, -0.25) is 0 Å². The van der Waals surface area contributed by atoms with Crippen molar-refractivity contribution in [2.45, 2.75) is 77.5 Å². The summed E-state index contributed by atoms with van der Waals surface area (Å²) in [6, 6.07) is 2.90. The minimum absolute atomic E-state index is 0.634. The van der Waals surface area contributed by atoms with E-state index < -0.39 is 0 Å². The Bertz CT molecular complexity index is 169. The first-order valence-electron chi connectivity index (χ1n) is 6.48. The van der Waals surface area contributed by atoms with Crippen LogP contribution in [0.1, 0.15) is 53.4 Å². The van der Waals surface area contributed by atoms with Crippen LogP contribution < -0.4 is 5.32 Å². The molecule has 1 rings (SSSR count). The number of hydrogen-bond donors (Lipinski definition) is 1. The van der Waals surface area contributed by atoms with E-state index in [0.717, 1.165) is 12.1 Å². The van der Waals surface area contributed by atoms with Gasteiger partial charge < -0.3 is 10.2 Å². The highest BCUT2D eigenvalue weighted by molar-refractivity contribution is 4.83. The third-order valence-corrected chi connectivity index (χ3v) is 3.66. The van der Waals surface area contributed by atoms with Crippen molar-refractivity contribution in [2.75, 3.05) is 7.05 Å². The molecule has 1 saturated carbocycles. The summed E-state index contributed by atoms with van der Waals surface area (Å²) in [6.45, 7) is 9.07. The van der Waals surface area contributed by atoms with E-state index in [1.807, 2.05) is 0 Å². The number of nitrogens with zero attached hydrogens (tertiary/aromatic N) is 1. The molecule has 0 aliphatic heterocycles. The Morgan fingerprint density at radius 1 is 1.00 bits per heavy atom. The molecule has 1 fully saturated rings. The molecule has 0 heterocycles. The maximum absolute atomic E-state index is 3.65. The highest BCUT2D eigenvalue weighted by Gasteiger charge is 2.24. The first-order chi connectivity index (χ1) is 7.00. The molecule has 0 bridgehead atoms. The molecule has 0 aromatic rings. The van der Waals surface area contributed by atoms with E-state index in [0.29, 0.717) is 12.1 Å². The van der Waals surface area contributed by atoms with Gasteiger partial charge in [0.25, 0.3) is 0 Å². The average Bonchev–Trinajstić information content (AvgIpc) is 2.17. The smallest absolute Gasteiger partial charge is 0.00960 e. The molecule has 0 aromatic heterocycles. The molecule has 1 aliphatic carbocycles. The first kappa shape index (κ1) is 13.0. The van der Waals surface area contributed by atoms with Crippen LogP contribution in [0.3, 0.4) is 0 Å². The monoisotopic (exact) mass is 212 g/mol. The predicted octanol–water partition coefficient (Wildman–Crippen LogP) is 2.64. The third-order valence-electron chi connectivity index (χ3n) is 3.66. The van der Waals surface area contributed by atoms with E-state index in [4.69, 9.17) is 0 Å². The van der Waals surface area contributed by atoms with Gasteiger partial charge in [0.2, 0.25) is 0 Å². The summed E-state index contributed by atoms with van der Waals surface area (Å²) in [5, 5.41) is 3.65. The van der Waals surface area contributed by atoms with Crippen molar-refractivity contribution in [2.24, 2.45) is 0 Å². The van der Waals surface area contributed by atoms with Crippen LogP contribution in [0.2, 0.25) is 0 Å². The van der Waals surface area contributed by atoms with Gasteiger partial charge in [-0.2, -0.15) is 0 Å². The Morgan fingerprint density at radius 2 is 1.53 bits per heavy atom. The molecule has 0 spiro atoms. The predicted molar refractivity (Wildman–Crippen MR) is 67.2 cm³/mol. The number of hydrogen-bond acceptors (Lipinski definition) is 2. The van der Waals surface area contributed by atoms with Crippen molar-refractivity contribution in [1.82, 2.24) is 10.2 Å². The van der Waals surface area contributed by atoms with Gasteiger partial charge in [-0.1, -0.05) is 13.8 Å². The molecule has 90 valence electrons. The van der Waals surface area contributed by atoms with Crippen molar-refractivity contribution in [3.63, 3.8) is 0 Å². The lowest BCUT2D eigenvalue weighted by Crippen LogP contribution is -2.44. The fourth-order valence-corrected chi connectivity index (χ4v) is 2.54. The molecular formula is C13H28N2. The quantitative estimate of drug-likeness (QED) is 0.770. The molecule has 2 nitrogen and oxygen atoms in total. The average molecular weight is 212 g/mol. The molecule has 0 unspecified atom stereocenters. The molecule has 0 radical (unpaired) electrons. The Morgan fingerprint density at radius 3 is 1.93 bits per heavy atom. The lowest BCUT2D eigenvalue weighted by atomic mass is 9.89. The summed E-state index contributed by atoms with van der Waals surface area (Å²) in [5.74, 6) is 0. The molecule has 0 amide bonds. The molecule has 0 atom stereocenters. The third kappa shape index (κ3) is 4.12. The van der Waals surface area contributed by atoms with Crippen LogP contribution in [0.4, 0.5) is 0 Å². The second kappa shape index (κ2) is 5.86. The van der Waals surface area contributed by atoms with Crippen LogP contribution in [-0.2, 0) is 0 Å². The number of nitrogens with one attached hydrogen (secondary N) is 1. The van der Waals surface area contributed by atoms with E-state index in [1.54, 1.807) is 0 Å². The van der Waals surface area contributed by atoms with E-state index in [-0.39, 0.29) is 0 Å². The standard InChI is InChI=1S/C13H28N2/c1-10(2)14-12-6-8-13(9-7-12)15(5)11(3)4/h10-14H,6-9H2,1-5H3. The van der Waals surface area contributed by atoms with Gasteiger partial charge in [0.1, 0.15) is 0 Å². The van der Waals surface area contributed by atoms with Crippen LogP contribution in [0, 0.1) is 0 Å². The largest absolute Gasteiger partial charge is 0.312 e. The van der Waals surface area contributed by atoms with Crippen molar-refractivity contribution in [3.8, 4) is 0 Å². The molecule has 2 heteroatoms. The van der Waals surface area contributed by atoms with Crippen molar-refractivity contribution < 1.29 is 0 Å². The summed E-state index contributed by atoms with van der Waals surface area (Å²) < 4.78 is 0. The maximum atomic E-state index is 3.65. The minimum Gasteiger partial charge on any atom is -0.312 e. The van der Waals surface area contributed by atoms with Gasteiger partial charge >= 0.3 is 0 Å². The van der Waals surface area contributed by atoms with Gasteiger partial charge in [-0.25, -0.2) is 0 Å². The Hall–Kier alpha value is -0.0800. The molecule has 15 heavy (non-hydrogen) atoms. The van der Waals surface area contributed by atoms with Gasteiger partial charge in [0, 0.05) is 24.2 Å². The molecule has 1 aliphatic rings. The Kier molecular flexibility index (Phi) is 5.07. The van der Waals surface area contributed by atoms with Crippen molar-refractivity contribution in [1.29, 1.82) is 0 Å². The zero-order valence-electron chi connectivity index (χ0n) is 11.1. The van der Waals surface area contributed by atoms with Crippen molar-refractivity contribution >= 4 is 0 Å². The first-order valence-corrected chi connectivity index (χ1v) is 6.48. The Labute approximate surface area is 95.4 Å². The lowest BCUT2D eigenvalue weighted by molar-refractivity contribution is 0.141. The summed E-state index contributed by atoms with van der Waals surface area (Å²) >= 11 is 0. The van der Waals surface area contributed by atoms with Crippen LogP contribution in [0.25, 0.3) is 0 Å². The van der Waals surface area contributed by atoms with Crippen LogP contribution in [0.15, 0.2) is 0 Å². The highest BCUT2D eigenvalue weighted by atomic mass is 15.2. The number of rotatable bonds is 4. The van der Waals surface area contributed by atoms with Gasteiger partial charge in [0.15, 0.2) is 0 Å². The summed E-state index contributed by atoms with van der Waals surface area (Å²) in [4.78, 5) is 2.53. The molecule has 0 saturated heterocycles. The minimum atomic E-state index is 0.634. The molecule has 1 N–H and O–H groups in total. The normalized spacial score (nSPS) is 28.0. The van der Waals surface area contributed by atoms with E-state index >= 15 is 0 Å². The maximum Gasteiger partial charge on any atom is 0.00960 e. The summed E-state index contributed by atoms with van der Waals surface area (Å²) in [5.41, 5.74) is 0. The lowest BCUT2D eigenvalue weighted by Gasteiger charge is -2.37. The zero-order valence-corrected chi connectivity index (χ0v) is 11.1. The zero-order chi connectivity index (χ0) is 11.4. The van der Waals surface area contributed by atoms with Crippen molar-refractivity contribution in [3.05, 3.63) is 0 Å². The molecular weight excluding hydrogens is 184 g/mol. The van der Waals surface area contributed by atoms with E-state index in [9.17, 15) is 0 Å². The highest BCUT2D eigenvalue weighted by Crippen LogP contribution is 2.23. The topological polar surface area (TPSA) is 15.3 Å². The van der Waals surface area contributed by atoms with E-state index in [2.05, 4.69) is 45.0 Å². The second-order valence-electron chi connectivity index (χ2n) is 5.59. The van der Waals surface area contributed by atoms with Gasteiger partial charge in [0.05, 0.1) is 0 Å². The second-order valence-corrected chi connectivity index (χ2v) is 5.59. The van der Waals surface area contributed by atoms with Gasteiger partial charge in [-0.15, -0.1) is 0 Å². The summed E-state index contributed by atoms with van der Waals surface area (Å²) in [6.07, 6.45) is 5.41. The van der Waals surface area contributed by atoms with Crippen LogP contribution >= 0.6 is 0 Å². The van der Waals surface area contributed by atoms with Gasteiger partial charge in [-0.05, 0) is 46.6 Å². The van der Waals surface area contributed by atoms with E-state index in [1.165, 1.54) is 25.7 Å². The Balaban J connectivity index is 2.29. The SMILES string of the molecule is CC(C)NC1CCC(N(C)C(C)C)CC1. The fourth-order valence-electron chi connectivity index (χ4n) is 2.54. The van der Waals surface area contributed by atoms with Crippen LogP contribution in [0.5, 0.6) is 0 Å². The molecule has 0 aromatic carbocycles. The fraction of sp³-hybridized carbons (Fsp3) is 1.00. The summed E-state index contributed by atoms with van der Waals surface area (Å²) in [7, 11) is 2.27.